The number of hydrogen-bond donors (Lipinski definition) is 2. The molecule has 4 nitrogen and oxygen atoms in total. The van der Waals surface area contributed by atoms with Crippen LogP contribution in [-0.4, -0.2) is 27.3 Å². The summed E-state index contributed by atoms with van der Waals surface area (Å²) in [6.07, 6.45) is 4.48. The summed E-state index contributed by atoms with van der Waals surface area (Å²) in [6, 6.07) is 8.68. The normalized spacial score (nSPS) is 15.5. The highest BCUT2D eigenvalue weighted by Crippen LogP contribution is 2.17. The standard InChI is InChI=1S/C18H27N3O/c1-5-13(2)18(22)12-20-14(3)16-6-8-17(9-7-16)21-11-10-19-15(21)4/h6-11,13-14,18,20,22H,5,12H2,1-4H3. The highest BCUT2D eigenvalue weighted by Gasteiger charge is 2.14. The van der Waals surface area contributed by atoms with Crippen LogP contribution in [-0.2, 0) is 0 Å². The first kappa shape index (κ1) is 16.7. The van der Waals surface area contributed by atoms with Gasteiger partial charge in [-0.15, -0.1) is 0 Å². The van der Waals surface area contributed by atoms with Gasteiger partial charge in [0.05, 0.1) is 6.10 Å². The van der Waals surface area contributed by atoms with Crippen molar-refractivity contribution in [1.29, 1.82) is 0 Å². The number of aliphatic hydroxyl groups excluding tert-OH is 1. The molecule has 0 bridgehead atoms. The fourth-order valence-electron chi connectivity index (χ4n) is 2.46. The number of rotatable bonds is 7. The van der Waals surface area contributed by atoms with E-state index in [1.807, 2.05) is 19.3 Å². The Morgan fingerprint density at radius 1 is 1.23 bits per heavy atom. The minimum atomic E-state index is -0.291. The van der Waals surface area contributed by atoms with Gasteiger partial charge in [0.25, 0.3) is 0 Å². The Labute approximate surface area is 133 Å². The summed E-state index contributed by atoms with van der Waals surface area (Å²) in [5.41, 5.74) is 2.34. The van der Waals surface area contributed by atoms with Gasteiger partial charge in [-0.05, 0) is 37.5 Å². The molecular weight excluding hydrogens is 274 g/mol. The molecule has 0 aliphatic carbocycles. The van der Waals surface area contributed by atoms with Crippen molar-refractivity contribution in [3.63, 3.8) is 0 Å². The number of nitrogens with one attached hydrogen (secondary N) is 1. The lowest BCUT2D eigenvalue weighted by Crippen LogP contribution is -2.33. The molecule has 0 radical (unpaired) electrons. The van der Waals surface area contributed by atoms with Gasteiger partial charge in [-0.1, -0.05) is 32.4 Å². The number of aryl methyl sites for hydroxylation is 1. The van der Waals surface area contributed by atoms with Crippen LogP contribution < -0.4 is 5.32 Å². The molecule has 2 N–H and O–H groups in total. The zero-order chi connectivity index (χ0) is 16.1. The summed E-state index contributed by atoms with van der Waals surface area (Å²) >= 11 is 0. The molecular formula is C18H27N3O. The van der Waals surface area contributed by atoms with Crippen molar-refractivity contribution in [2.75, 3.05) is 6.54 Å². The van der Waals surface area contributed by atoms with E-state index in [2.05, 4.69) is 59.9 Å². The Morgan fingerprint density at radius 2 is 1.91 bits per heavy atom. The maximum absolute atomic E-state index is 10.0. The summed E-state index contributed by atoms with van der Waals surface area (Å²) in [5, 5.41) is 13.5. The van der Waals surface area contributed by atoms with Gasteiger partial charge in [0.1, 0.15) is 5.82 Å². The quantitative estimate of drug-likeness (QED) is 0.825. The second-order valence-electron chi connectivity index (χ2n) is 6.02. The molecule has 0 saturated heterocycles. The van der Waals surface area contributed by atoms with Gasteiger partial charge in [-0.2, -0.15) is 0 Å². The fraction of sp³-hybridized carbons (Fsp3) is 0.500. The van der Waals surface area contributed by atoms with Crippen LogP contribution in [0.3, 0.4) is 0 Å². The van der Waals surface area contributed by atoms with Crippen molar-refractivity contribution >= 4 is 0 Å². The van der Waals surface area contributed by atoms with Crippen molar-refractivity contribution in [3.05, 3.63) is 48.0 Å². The largest absolute Gasteiger partial charge is 0.392 e. The number of aromatic nitrogens is 2. The van der Waals surface area contributed by atoms with Crippen LogP contribution in [0.2, 0.25) is 0 Å². The molecule has 4 heteroatoms. The Bertz CT molecular complexity index is 576. The predicted octanol–water partition coefficient (Wildman–Crippen LogP) is 3.24. The summed E-state index contributed by atoms with van der Waals surface area (Å²) in [4.78, 5) is 4.25. The molecule has 0 fully saturated rings. The summed E-state index contributed by atoms with van der Waals surface area (Å²) in [7, 11) is 0. The Kier molecular flexibility index (Phi) is 5.75. The number of nitrogens with zero attached hydrogens (tertiary/aromatic N) is 2. The minimum Gasteiger partial charge on any atom is -0.392 e. The van der Waals surface area contributed by atoms with E-state index in [0.29, 0.717) is 12.5 Å². The zero-order valence-corrected chi connectivity index (χ0v) is 14.0. The van der Waals surface area contributed by atoms with E-state index in [1.165, 1.54) is 5.56 Å². The SMILES string of the molecule is CCC(C)C(O)CNC(C)c1ccc(-n2ccnc2C)cc1. The average molecular weight is 301 g/mol. The second-order valence-corrected chi connectivity index (χ2v) is 6.02. The lowest BCUT2D eigenvalue weighted by atomic mass is 10.0. The maximum Gasteiger partial charge on any atom is 0.110 e. The van der Waals surface area contributed by atoms with Crippen molar-refractivity contribution in [1.82, 2.24) is 14.9 Å². The highest BCUT2D eigenvalue weighted by atomic mass is 16.3. The molecule has 3 unspecified atom stereocenters. The zero-order valence-electron chi connectivity index (χ0n) is 14.0. The Hall–Kier alpha value is -1.65. The highest BCUT2D eigenvalue weighted by molar-refractivity contribution is 5.36. The van der Waals surface area contributed by atoms with E-state index in [4.69, 9.17) is 0 Å². The molecule has 1 heterocycles. The molecule has 0 saturated carbocycles. The molecule has 3 atom stereocenters. The van der Waals surface area contributed by atoms with Crippen LogP contribution in [0.5, 0.6) is 0 Å². The number of benzene rings is 1. The molecule has 0 aliphatic heterocycles. The van der Waals surface area contributed by atoms with Crippen LogP contribution in [0.1, 0.15) is 44.6 Å². The van der Waals surface area contributed by atoms with Gasteiger partial charge in [-0.25, -0.2) is 4.98 Å². The topological polar surface area (TPSA) is 50.1 Å². The molecule has 0 amide bonds. The molecule has 22 heavy (non-hydrogen) atoms. The van der Waals surface area contributed by atoms with Gasteiger partial charge in [0, 0.05) is 30.7 Å². The monoisotopic (exact) mass is 301 g/mol. The van der Waals surface area contributed by atoms with Gasteiger partial charge in [0.15, 0.2) is 0 Å². The van der Waals surface area contributed by atoms with Gasteiger partial charge < -0.3 is 15.0 Å². The molecule has 120 valence electrons. The Morgan fingerprint density at radius 3 is 2.45 bits per heavy atom. The molecule has 1 aromatic heterocycles. The van der Waals surface area contributed by atoms with Gasteiger partial charge in [0.2, 0.25) is 0 Å². The van der Waals surface area contributed by atoms with Crippen molar-refractivity contribution in [2.45, 2.75) is 46.3 Å². The van der Waals surface area contributed by atoms with Crippen LogP contribution in [0.25, 0.3) is 5.69 Å². The molecule has 2 rings (SSSR count). The van der Waals surface area contributed by atoms with E-state index in [1.54, 1.807) is 0 Å². The van der Waals surface area contributed by atoms with E-state index >= 15 is 0 Å². The lowest BCUT2D eigenvalue weighted by molar-refractivity contribution is 0.110. The molecule has 0 aliphatic rings. The first-order valence-corrected chi connectivity index (χ1v) is 8.04. The summed E-state index contributed by atoms with van der Waals surface area (Å²) in [5.74, 6) is 1.31. The van der Waals surface area contributed by atoms with Crippen LogP contribution >= 0.6 is 0 Å². The van der Waals surface area contributed by atoms with E-state index in [9.17, 15) is 5.11 Å². The third-order valence-corrected chi connectivity index (χ3v) is 4.43. The number of imidazole rings is 1. The van der Waals surface area contributed by atoms with Crippen molar-refractivity contribution < 1.29 is 5.11 Å². The Balaban J connectivity index is 1.97. The van der Waals surface area contributed by atoms with Gasteiger partial charge in [-0.3, -0.25) is 0 Å². The molecule has 0 spiro atoms. The van der Waals surface area contributed by atoms with Gasteiger partial charge >= 0.3 is 0 Å². The third-order valence-electron chi connectivity index (χ3n) is 4.43. The first-order chi connectivity index (χ1) is 10.5. The van der Waals surface area contributed by atoms with Crippen molar-refractivity contribution in [2.24, 2.45) is 5.92 Å². The maximum atomic E-state index is 10.0. The van der Waals surface area contributed by atoms with Crippen molar-refractivity contribution in [3.8, 4) is 5.69 Å². The lowest BCUT2D eigenvalue weighted by Gasteiger charge is -2.21. The smallest absolute Gasteiger partial charge is 0.110 e. The number of aliphatic hydroxyl groups is 1. The van der Waals surface area contributed by atoms with E-state index < -0.39 is 0 Å². The van der Waals surface area contributed by atoms with Crippen LogP contribution in [0, 0.1) is 12.8 Å². The van der Waals surface area contributed by atoms with E-state index in [0.717, 1.165) is 17.9 Å². The van der Waals surface area contributed by atoms with E-state index in [-0.39, 0.29) is 12.1 Å². The second kappa shape index (κ2) is 7.56. The van der Waals surface area contributed by atoms with Crippen LogP contribution in [0.4, 0.5) is 0 Å². The molecule has 1 aromatic carbocycles. The third kappa shape index (κ3) is 3.96. The number of hydrogen-bond acceptors (Lipinski definition) is 3. The molecule has 2 aromatic rings. The predicted molar refractivity (Wildman–Crippen MR) is 90.2 cm³/mol. The average Bonchev–Trinajstić information content (AvgIpc) is 2.97. The van der Waals surface area contributed by atoms with Crippen LogP contribution in [0.15, 0.2) is 36.7 Å². The summed E-state index contributed by atoms with van der Waals surface area (Å²) in [6.45, 7) is 8.93. The first-order valence-electron chi connectivity index (χ1n) is 8.04. The summed E-state index contributed by atoms with van der Waals surface area (Å²) < 4.78 is 2.06. The fourth-order valence-corrected chi connectivity index (χ4v) is 2.46. The minimum absolute atomic E-state index is 0.219.